The summed E-state index contributed by atoms with van der Waals surface area (Å²) in [6.45, 7) is 5.51. The Bertz CT molecular complexity index is 303. The Hall–Kier alpha value is -0.220. The largest absolute Gasteiger partial charge is 0.341 e. The molecule has 4 heteroatoms. The second kappa shape index (κ2) is 6.98. The van der Waals surface area contributed by atoms with E-state index in [2.05, 4.69) is 23.6 Å². The summed E-state index contributed by atoms with van der Waals surface area (Å²) in [6.07, 6.45) is 6.32. The molecule has 0 radical (unpaired) electrons. The molecule has 1 saturated carbocycles. The second-order valence-electron chi connectivity index (χ2n) is 6.42. The molecule has 2 fully saturated rings. The van der Waals surface area contributed by atoms with Crippen molar-refractivity contribution in [2.24, 2.45) is 5.92 Å². The smallest absolute Gasteiger partial charge is 0.240 e. The van der Waals surface area contributed by atoms with Crippen LogP contribution in [0.25, 0.3) is 0 Å². The maximum Gasteiger partial charge on any atom is 0.240 e. The Morgan fingerprint density at radius 3 is 2.63 bits per heavy atom. The van der Waals surface area contributed by atoms with Crippen molar-refractivity contribution in [3.63, 3.8) is 0 Å². The zero-order valence-electron chi connectivity index (χ0n) is 12.6. The molecule has 0 aromatic heterocycles. The first-order chi connectivity index (χ1) is 9.09. The summed E-state index contributed by atoms with van der Waals surface area (Å²) in [7, 11) is 2.02. The van der Waals surface area contributed by atoms with Gasteiger partial charge in [0.15, 0.2) is 0 Å². The first-order valence-electron chi connectivity index (χ1n) is 7.68. The van der Waals surface area contributed by atoms with Crippen LogP contribution >= 0.6 is 11.8 Å². The molecular weight excluding hydrogens is 256 g/mol. The molecule has 3 nitrogen and oxygen atoms in total. The fourth-order valence-electron chi connectivity index (χ4n) is 3.24. The minimum Gasteiger partial charge on any atom is -0.341 e. The quantitative estimate of drug-likeness (QED) is 0.793. The van der Waals surface area contributed by atoms with Gasteiger partial charge in [-0.3, -0.25) is 9.69 Å². The topological polar surface area (TPSA) is 23.6 Å². The minimum absolute atomic E-state index is 0.124. The van der Waals surface area contributed by atoms with Gasteiger partial charge in [-0.1, -0.05) is 33.1 Å². The minimum atomic E-state index is 0.124. The molecule has 0 spiro atoms. The van der Waals surface area contributed by atoms with E-state index >= 15 is 0 Å². The standard InChI is InChI=1S/C15H28N2OS/c1-12(2)9-17-11-19-10-14(17)15(18)16(3)13-7-5-4-6-8-13/h12-14H,4-11H2,1-3H3/t14-/m1/s1. The highest BCUT2D eigenvalue weighted by molar-refractivity contribution is 7.99. The molecular formula is C15H28N2OS. The van der Waals surface area contributed by atoms with E-state index in [0.717, 1.165) is 18.2 Å². The SMILES string of the molecule is CC(C)CN1CSC[C@@H]1C(=O)N(C)C1CCCCC1. The van der Waals surface area contributed by atoms with Gasteiger partial charge in [-0.25, -0.2) is 0 Å². The van der Waals surface area contributed by atoms with E-state index in [4.69, 9.17) is 0 Å². The summed E-state index contributed by atoms with van der Waals surface area (Å²) >= 11 is 1.90. The molecule has 110 valence electrons. The van der Waals surface area contributed by atoms with E-state index in [1.54, 1.807) is 0 Å². The fourth-order valence-corrected chi connectivity index (χ4v) is 4.44. The van der Waals surface area contributed by atoms with Gasteiger partial charge in [0.05, 0.1) is 6.04 Å². The lowest BCUT2D eigenvalue weighted by Crippen LogP contribution is -2.50. The molecule has 1 aliphatic heterocycles. The van der Waals surface area contributed by atoms with Gasteiger partial charge in [-0.2, -0.15) is 0 Å². The highest BCUT2D eigenvalue weighted by Gasteiger charge is 2.35. The van der Waals surface area contributed by atoms with Crippen molar-refractivity contribution in [2.45, 2.75) is 58.0 Å². The Labute approximate surface area is 122 Å². The molecule has 1 saturated heterocycles. The molecule has 1 atom stereocenters. The van der Waals surface area contributed by atoms with Crippen LogP contribution in [0.1, 0.15) is 46.0 Å². The van der Waals surface area contributed by atoms with Gasteiger partial charge in [0.1, 0.15) is 0 Å². The lowest BCUT2D eigenvalue weighted by Gasteiger charge is -2.35. The van der Waals surface area contributed by atoms with Crippen molar-refractivity contribution >= 4 is 17.7 Å². The normalized spacial score (nSPS) is 26.0. The summed E-state index contributed by atoms with van der Waals surface area (Å²) in [5.74, 6) is 2.99. The van der Waals surface area contributed by atoms with Crippen LogP contribution in [0.4, 0.5) is 0 Å². The summed E-state index contributed by atoms with van der Waals surface area (Å²) in [4.78, 5) is 17.1. The van der Waals surface area contributed by atoms with E-state index in [9.17, 15) is 4.79 Å². The Morgan fingerprint density at radius 2 is 2.00 bits per heavy atom. The van der Waals surface area contributed by atoms with Gasteiger partial charge in [-0.05, 0) is 18.8 Å². The lowest BCUT2D eigenvalue weighted by molar-refractivity contribution is -0.137. The molecule has 2 aliphatic rings. The average Bonchev–Trinajstić information content (AvgIpc) is 2.85. The van der Waals surface area contributed by atoms with Crippen molar-refractivity contribution in [2.75, 3.05) is 25.2 Å². The number of likely N-dealkylation sites (N-methyl/N-ethyl adjacent to an activating group) is 1. The van der Waals surface area contributed by atoms with E-state index in [1.807, 2.05) is 18.8 Å². The third-order valence-corrected chi connectivity index (χ3v) is 5.39. The lowest BCUT2D eigenvalue weighted by atomic mass is 9.94. The number of thioether (sulfide) groups is 1. The number of rotatable bonds is 4. The van der Waals surface area contributed by atoms with Crippen molar-refractivity contribution in [1.82, 2.24) is 9.80 Å². The number of hydrogen-bond donors (Lipinski definition) is 0. The van der Waals surface area contributed by atoms with Gasteiger partial charge >= 0.3 is 0 Å². The Morgan fingerprint density at radius 1 is 1.32 bits per heavy atom. The van der Waals surface area contributed by atoms with Gasteiger partial charge in [0.2, 0.25) is 5.91 Å². The van der Waals surface area contributed by atoms with Gasteiger partial charge in [0, 0.05) is 31.3 Å². The van der Waals surface area contributed by atoms with Crippen LogP contribution in [-0.2, 0) is 4.79 Å². The monoisotopic (exact) mass is 284 g/mol. The molecule has 0 N–H and O–H groups in total. The first-order valence-corrected chi connectivity index (χ1v) is 8.83. The number of nitrogens with zero attached hydrogens (tertiary/aromatic N) is 2. The maximum absolute atomic E-state index is 12.7. The molecule has 0 unspecified atom stereocenters. The summed E-state index contributed by atoms with van der Waals surface area (Å²) in [5, 5.41) is 0. The van der Waals surface area contributed by atoms with E-state index in [1.165, 1.54) is 32.1 Å². The molecule has 2 rings (SSSR count). The molecule has 1 amide bonds. The van der Waals surface area contributed by atoms with Crippen LogP contribution in [-0.4, -0.2) is 53.0 Å². The number of carbonyl (C=O) groups is 1. The van der Waals surface area contributed by atoms with Gasteiger partial charge < -0.3 is 4.90 Å². The van der Waals surface area contributed by atoms with Crippen LogP contribution in [0.5, 0.6) is 0 Å². The zero-order valence-corrected chi connectivity index (χ0v) is 13.4. The van der Waals surface area contributed by atoms with Crippen LogP contribution in [0.15, 0.2) is 0 Å². The van der Waals surface area contributed by atoms with Crippen molar-refractivity contribution in [1.29, 1.82) is 0 Å². The van der Waals surface area contributed by atoms with Crippen molar-refractivity contribution < 1.29 is 4.79 Å². The molecule has 1 heterocycles. The van der Waals surface area contributed by atoms with Gasteiger partial charge in [-0.15, -0.1) is 11.8 Å². The molecule has 19 heavy (non-hydrogen) atoms. The fraction of sp³-hybridized carbons (Fsp3) is 0.933. The summed E-state index contributed by atoms with van der Waals surface area (Å²) in [5.41, 5.74) is 0. The highest BCUT2D eigenvalue weighted by atomic mass is 32.2. The van der Waals surface area contributed by atoms with Crippen LogP contribution in [0.3, 0.4) is 0 Å². The average molecular weight is 284 g/mol. The highest BCUT2D eigenvalue weighted by Crippen LogP contribution is 2.27. The van der Waals surface area contributed by atoms with Crippen LogP contribution in [0.2, 0.25) is 0 Å². The summed E-state index contributed by atoms with van der Waals surface area (Å²) in [6, 6.07) is 0.618. The molecule has 0 bridgehead atoms. The van der Waals surface area contributed by atoms with E-state index in [0.29, 0.717) is 17.9 Å². The maximum atomic E-state index is 12.7. The Balaban J connectivity index is 1.93. The van der Waals surface area contributed by atoms with Gasteiger partial charge in [0.25, 0.3) is 0 Å². The number of hydrogen-bond acceptors (Lipinski definition) is 3. The predicted molar refractivity (Wildman–Crippen MR) is 82.3 cm³/mol. The van der Waals surface area contributed by atoms with Crippen molar-refractivity contribution in [3.8, 4) is 0 Å². The second-order valence-corrected chi connectivity index (χ2v) is 7.42. The molecule has 0 aromatic carbocycles. The van der Waals surface area contributed by atoms with E-state index < -0.39 is 0 Å². The third kappa shape index (κ3) is 3.88. The number of amides is 1. The first kappa shape index (κ1) is 15.2. The summed E-state index contributed by atoms with van der Waals surface area (Å²) < 4.78 is 0. The third-order valence-electron chi connectivity index (χ3n) is 4.33. The van der Waals surface area contributed by atoms with E-state index in [-0.39, 0.29) is 6.04 Å². The van der Waals surface area contributed by atoms with Crippen LogP contribution < -0.4 is 0 Å². The zero-order chi connectivity index (χ0) is 13.8. The Kier molecular flexibility index (Phi) is 5.58. The van der Waals surface area contributed by atoms with Crippen LogP contribution in [0, 0.1) is 5.92 Å². The number of carbonyl (C=O) groups excluding carboxylic acids is 1. The predicted octanol–water partition coefficient (Wildman–Crippen LogP) is 2.81. The van der Waals surface area contributed by atoms with Crippen molar-refractivity contribution in [3.05, 3.63) is 0 Å². The molecule has 0 aromatic rings. The molecule has 1 aliphatic carbocycles.